The number of carbonyl (C=O) groups is 1. The zero-order valence-corrected chi connectivity index (χ0v) is 12.9. The summed E-state index contributed by atoms with van der Waals surface area (Å²) < 4.78 is 7.64. The van der Waals surface area contributed by atoms with Crippen LogP contribution in [0.4, 0.5) is 0 Å². The summed E-state index contributed by atoms with van der Waals surface area (Å²) in [5.41, 5.74) is -0.423. The van der Waals surface area contributed by atoms with E-state index in [-0.39, 0.29) is 12.0 Å². The fraction of sp³-hybridized carbons (Fsp3) is 0.733. The molecule has 2 rings (SSSR count). The van der Waals surface area contributed by atoms with Crippen LogP contribution >= 0.6 is 0 Å². The van der Waals surface area contributed by atoms with Crippen molar-refractivity contribution in [3.8, 4) is 0 Å². The van der Waals surface area contributed by atoms with Gasteiger partial charge in [-0.2, -0.15) is 0 Å². The highest BCUT2D eigenvalue weighted by molar-refractivity contribution is 5.76. The molecule has 5 heteroatoms. The Labute approximate surface area is 120 Å². The molecular formula is C15H25N3O2. The second kappa shape index (κ2) is 5.95. The molecule has 1 saturated heterocycles. The Kier molecular flexibility index (Phi) is 4.48. The van der Waals surface area contributed by atoms with Gasteiger partial charge in [-0.15, -0.1) is 0 Å². The molecule has 0 bridgehead atoms. The Bertz CT molecular complexity index is 462. The van der Waals surface area contributed by atoms with Gasteiger partial charge >= 0.3 is 5.97 Å². The van der Waals surface area contributed by atoms with Gasteiger partial charge in [-0.05, 0) is 47.1 Å². The molecular weight excluding hydrogens is 254 g/mol. The van der Waals surface area contributed by atoms with Crippen LogP contribution in [-0.4, -0.2) is 38.6 Å². The van der Waals surface area contributed by atoms with Gasteiger partial charge in [0.2, 0.25) is 0 Å². The van der Waals surface area contributed by atoms with E-state index in [1.54, 1.807) is 0 Å². The summed E-state index contributed by atoms with van der Waals surface area (Å²) in [4.78, 5) is 18.8. The summed E-state index contributed by atoms with van der Waals surface area (Å²) in [5, 5.41) is 0. The summed E-state index contributed by atoms with van der Waals surface area (Å²) in [5.74, 6) is 0.910. The van der Waals surface area contributed by atoms with Gasteiger partial charge in [-0.3, -0.25) is 9.69 Å². The minimum absolute atomic E-state index is 0.107. The Hall–Kier alpha value is -1.36. The number of nitrogens with zero attached hydrogens (tertiary/aromatic N) is 3. The molecule has 1 fully saturated rings. The van der Waals surface area contributed by atoms with Crippen molar-refractivity contribution in [3.63, 3.8) is 0 Å². The lowest BCUT2D eigenvalue weighted by Gasteiger charge is -2.27. The van der Waals surface area contributed by atoms with Crippen molar-refractivity contribution in [2.24, 2.45) is 0 Å². The minimum Gasteiger partial charge on any atom is -0.459 e. The number of hydrogen-bond acceptors (Lipinski definition) is 4. The van der Waals surface area contributed by atoms with Crippen molar-refractivity contribution < 1.29 is 9.53 Å². The number of likely N-dealkylation sites (tertiary alicyclic amines) is 1. The molecule has 5 nitrogen and oxygen atoms in total. The first kappa shape index (κ1) is 15.0. The molecule has 0 amide bonds. The number of aryl methyl sites for hydroxylation is 1. The van der Waals surface area contributed by atoms with Gasteiger partial charge in [0.1, 0.15) is 17.5 Å². The first-order valence-corrected chi connectivity index (χ1v) is 7.37. The van der Waals surface area contributed by atoms with Gasteiger partial charge < -0.3 is 9.30 Å². The number of carbonyl (C=O) groups excluding carboxylic acids is 1. The number of esters is 1. The number of rotatable bonds is 4. The fourth-order valence-corrected chi connectivity index (χ4v) is 2.61. The van der Waals surface area contributed by atoms with E-state index in [1.165, 1.54) is 0 Å². The van der Waals surface area contributed by atoms with Crippen LogP contribution in [0.2, 0.25) is 0 Å². The van der Waals surface area contributed by atoms with E-state index in [4.69, 9.17) is 4.74 Å². The molecule has 1 aliphatic rings. The second-order valence-electron chi connectivity index (χ2n) is 6.29. The van der Waals surface area contributed by atoms with Crippen molar-refractivity contribution in [1.82, 2.24) is 14.5 Å². The van der Waals surface area contributed by atoms with Crippen molar-refractivity contribution >= 4 is 5.97 Å². The quantitative estimate of drug-likeness (QED) is 0.793. The maximum Gasteiger partial charge on any atom is 0.323 e. The Morgan fingerprint density at radius 3 is 2.90 bits per heavy atom. The summed E-state index contributed by atoms with van der Waals surface area (Å²) in [6.07, 6.45) is 5.71. The van der Waals surface area contributed by atoms with Gasteiger partial charge in [0.05, 0.1) is 6.54 Å². The number of hydrogen-bond donors (Lipinski definition) is 0. The number of aromatic nitrogens is 2. The summed E-state index contributed by atoms with van der Waals surface area (Å²) in [6.45, 7) is 10.4. The second-order valence-corrected chi connectivity index (χ2v) is 6.29. The molecule has 2 heterocycles. The van der Waals surface area contributed by atoms with Crippen molar-refractivity contribution in [3.05, 3.63) is 18.2 Å². The zero-order chi connectivity index (χ0) is 14.8. The van der Waals surface area contributed by atoms with Gasteiger partial charge in [-0.1, -0.05) is 0 Å². The van der Waals surface area contributed by atoms with E-state index in [9.17, 15) is 4.79 Å². The standard InChI is InChI=1S/C15H25N3O2/c1-5-17-10-8-16-13(17)11-18-9-6-7-12(18)14(19)20-15(2,3)4/h8,10,12H,5-7,9,11H2,1-4H3/t12-/m0/s1. The molecule has 112 valence electrons. The predicted octanol–water partition coefficient (Wildman–Crippen LogP) is 2.21. The molecule has 1 atom stereocenters. The van der Waals surface area contributed by atoms with E-state index in [1.807, 2.05) is 33.2 Å². The molecule has 0 aliphatic carbocycles. The molecule has 1 aromatic rings. The van der Waals surface area contributed by atoms with Gasteiger partial charge in [0.25, 0.3) is 0 Å². The van der Waals surface area contributed by atoms with E-state index in [0.717, 1.165) is 31.8 Å². The van der Waals surface area contributed by atoms with Crippen LogP contribution < -0.4 is 0 Å². The predicted molar refractivity (Wildman–Crippen MR) is 77.2 cm³/mol. The lowest BCUT2D eigenvalue weighted by atomic mass is 10.1. The molecule has 1 aliphatic heterocycles. The monoisotopic (exact) mass is 279 g/mol. The van der Waals surface area contributed by atoms with E-state index in [0.29, 0.717) is 6.54 Å². The molecule has 20 heavy (non-hydrogen) atoms. The molecule has 0 radical (unpaired) electrons. The lowest BCUT2D eigenvalue weighted by Crippen LogP contribution is -2.40. The van der Waals surface area contributed by atoms with Crippen LogP contribution in [0.15, 0.2) is 12.4 Å². The van der Waals surface area contributed by atoms with Crippen LogP contribution in [0.3, 0.4) is 0 Å². The van der Waals surface area contributed by atoms with Crippen LogP contribution in [0.25, 0.3) is 0 Å². The van der Waals surface area contributed by atoms with E-state index >= 15 is 0 Å². The topological polar surface area (TPSA) is 47.4 Å². The Balaban J connectivity index is 2.02. The van der Waals surface area contributed by atoms with Gasteiger partial charge in [0, 0.05) is 18.9 Å². The minimum atomic E-state index is -0.423. The molecule has 0 N–H and O–H groups in total. The lowest BCUT2D eigenvalue weighted by molar-refractivity contribution is -0.160. The van der Waals surface area contributed by atoms with Crippen LogP contribution in [-0.2, 0) is 22.6 Å². The highest BCUT2D eigenvalue weighted by Crippen LogP contribution is 2.22. The average Bonchev–Trinajstić information content (AvgIpc) is 2.96. The SMILES string of the molecule is CCn1ccnc1CN1CCC[C@H]1C(=O)OC(C)(C)C. The Morgan fingerprint density at radius 2 is 2.25 bits per heavy atom. The van der Waals surface area contributed by atoms with Crippen LogP contribution in [0.5, 0.6) is 0 Å². The van der Waals surface area contributed by atoms with Crippen molar-refractivity contribution in [1.29, 1.82) is 0 Å². The number of ether oxygens (including phenoxy) is 1. The summed E-state index contributed by atoms with van der Waals surface area (Å²) in [7, 11) is 0. The number of imidazole rings is 1. The van der Waals surface area contributed by atoms with Gasteiger partial charge in [0.15, 0.2) is 0 Å². The van der Waals surface area contributed by atoms with Crippen LogP contribution in [0.1, 0.15) is 46.4 Å². The normalized spacial score (nSPS) is 20.3. The molecule has 1 aromatic heterocycles. The fourth-order valence-electron chi connectivity index (χ4n) is 2.61. The Morgan fingerprint density at radius 1 is 1.50 bits per heavy atom. The van der Waals surface area contributed by atoms with Crippen LogP contribution in [0, 0.1) is 0 Å². The molecule has 0 spiro atoms. The zero-order valence-electron chi connectivity index (χ0n) is 12.9. The average molecular weight is 279 g/mol. The molecule has 0 aromatic carbocycles. The van der Waals surface area contributed by atoms with E-state index in [2.05, 4.69) is 21.4 Å². The molecule has 0 saturated carbocycles. The highest BCUT2D eigenvalue weighted by atomic mass is 16.6. The molecule has 0 unspecified atom stereocenters. The smallest absolute Gasteiger partial charge is 0.323 e. The largest absolute Gasteiger partial charge is 0.459 e. The third-order valence-corrected chi connectivity index (χ3v) is 3.53. The van der Waals surface area contributed by atoms with Gasteiger partial charge in [-0.25, -0.2) is 4.98 Å². The van der Waals surface area contributed by atoms with Crippen molar-refractivity contribution in [2.75, 3.05) is 6.54 Å². The summed E-state index contributed by atoms with van der Waals surface area (Å²) >= 11 is 0. The maximum atomic E-state index is 12.3. The third-order valence-electron chi connectivity index (χ3n) is 3.53. The van der Waals surface area contributed by atoms with E-state index < -0.39 is 5.60 Å². The van der Waals surface area contributed by atoms with Crippen molar-refractivity contribution in [2.45, 2.75) is 65.3 Å². The first-order valence-electron chi connectivity index (χ1n) is 7.37. The first-order chi connectivity index (χ1) is 9.40. The third kappa shape index (κ3) is 3.60. The maximum absolute atomic E-state index is 12.3. The summed E-state index contributed by atoms with van der Waals surface area (Å²) in [6, 6.07) is -0.128. The highest BCUT2D eigenvalue weighted by Gasteiger charge is 2.34.